The number of benzene rings is 1. The summed E-state index contributed by atoms with van der Waals surface area (Å²) in [6.07, 6.45) is 6.58. The number of ether oxygens (including phenoxy) is 2. The lowest BCUT2D eigenvalue weighted by Crippen LogP contribution is -2.32. The molecule has 1 aliphatic rings. The Labute approximate surface area is 129 Å². The topological polar surface area (TPSA) is 30.5 Å². The molecule has 3 nitrogen and oxygen atoms in total. The van der Waals surface area contributed by atoms with Crippen molar-refractivity contribution in [2.75, 3.05) is 25.6 Å². The second kappa shape index (κ2) is 8.28. The maximum atomic E-state index is 5.88. The quantitative estimate of drug-likeness (QED) is 0.755. The second-order valence-electron chi connectivity index (χ2n) is 6.04. The van der Waals surface area contributed by atoms with Gasteiger partial charge >= 0.3 is 0 Å². The predicted molar refractivity (Wildman–Crippen MR) is 88.2 cm³/mol. The second-order valence-corrected chi connectivity index (χ2v) is 6.04. The van der Waals surface area contributed by atoms with E-state index in [2.05, 4.69) is 37.4 Å². The zero-order valence-corrected chi connectivity index (χ0v) is 13.7. The van der Waals surface area contributed by atoms with Crippen molar-refractivity contribution >= 4 is 5.69 Å². The maximum absolute atomic E-state index is 5.88. The number of nitrogens with one attached hydrogen (secondary N) is 1. The fourth-order valence-electron chi connectivity index (χ4n) is 3.19. The van der Waals surface area contributed by atoms with Gasteiger partial charge in [0.15, 0.2) is 0 Å². The fraction of sp³-hybridized carbons (Fsp3) is 0.667. The Morgan fingerprint density at radius 3 is 2.76 bits per heavy atom. The van der Waals surface area contributed by atoms with Crippen LogP contribution in [-0.2, 0) is 4.74 Å². The SMILES string of the molecule is CCC1CCCCC1Nc1ccc(C)cc1OCCOC. The Bertz CT molecular complexity index is 433. The average Bonchev–Trinajstić information content (AvgIpc) is 2.50. The zero-order chi connectivity index (χ0) is 15.1. The zero-order valence-electron chi connectivity index (χ0n) is 13.7. The standard InChI is InChI=1S/C18H29NO2/c1-4-15-7-5-6-8-16(15)19-17-10-9-14(2)13-18(17)21-12-11-20-3/h9-10,13,15-16,19H,4-8,11-12H2,1-3H3. The van der Waals surface area contributed by atoms with Gasteiger partial charge in [-0.3, -0.25) is 0 Å². The molecule has 1 fully saturated rings. The summed E-state index contributed by atoms with van der Waals surface area (Å²) in [5.74, 6) is 1.74. The van der Waals surface area contributed by atoms with E-state index < -0.39 is 0 Å². The van der Waals surface area contributed by atoms with Gasteiger partial charge in [0.1, 0.15) is 12.4 Å². The van der Waals surface area contributed by atoms with Gasteiger partial charge in [0.2, 0.25) is 0 Å². The van der Waals surface area contributed by atoms with E-state index in [-0.39, 0.29) is 0 Å². The summed E-state index contributed by atoms with van der Waals surface area (Å²) < 4.78 is 11.0. The first-order chi connectivity index (χ1) is 10.2. The van der Waals surface area contributed by atoms with Crippen molar-refractivity contribution in [2.45, 2.75) is 52.0 Å². The minimum Gasteiger partial charge on any atom is -0.489 e. The van der Waals surface area contributed by atoms with Crippen molar-refractivity contribution in [2.24, 2.45) is 5.92 Å². The third-order valence-corrected chi connectivity index (χ3v) is 4.46. The van der Waals surface area contributed by atoms with Gasteiger partial charge in [-0.1, -0.05) is 32.3 Å². The fourth-order valence-corrected chi connectivity index (χ4v) is 3.19. The molecule has 0 heterocycles. The van der Waals surface area contributed by atoms with Gasteiger partial charge in [-0.2, -0.15) is 0 Å². The molecule has 0 radical (unpaired) electrons. The molecule has 3 heteroatoms. The van der Waals surface area contributed by atoms with Crippen LogP contribution >= 0.6 is 0 Å². The van der Waals surface area contributed by atoms with Crippen LogP contribution in [0.15, 0.2) is 18.2 Å². The molecule has 0 spiro atoms. The van der Waals surface area contributed by atoms with Gasteiger partial charge in [0, 0.05) is 13.2 Å². The molecule has 0 amide bonds. The van der Waals surface area contributed by atoms with Gasteiger partial charge in [-0.25, -0.2) is 0 Å². The van der Waals surface area contributed by atoms with Gasteiger partial charge < -0.3 is 14.8 Å². The van der Waals surface area contributed by atoms with Crippen molar-refractivity contribution in [3.05, 3.63) is 23.8 Å². The number of aryl methyl sites for hydroxylation is 1. The number of rotatable bonds is 7. The molecule has 1 aromatic carbocycles. The van der Waals surface area contributed by atoms with Crippen LogP contribution in [0.2, 0.25) is 0 Å². The van der Waals surface area contributed by atoms with Crippen molar-refractivity contribution in [1.29, 1.82) is 0 Å². The van der Waals surface area contributed by atoms with Crippen molar-refractivity contribution in [3.63, 3.8) is 0 Å². The number of hydrogen-bond acceptors (Lipinski definition) is 3. The molecule has 1 N–H and O–H groups in total. The Morgan fingerprint density at radius 1 is 1.19 bits per heavy atom. The molecule has 2 unspecified atom stereocenters. The van der Waals surface area contributed by atoms with Crippen LogP contribution in [0.4, 0.5) is 5.69 Å². The van der Waals surface area contributed by atoms with Crippen LogP contribution in [0, 0.1) is 12.8 Å². The molecule has 21 heavy (non-hydrogen) atoms. The Morgan fingerprint density at radius 2 is 2.00 bits per heavy atom. The van der Waals surface area contributed by atoms with E-state index in [1.807, 2.05) is 0 Å². The van der Waals surface area contributed by atoms with Gasteiger partial charge in [0.05, 0.1) is 12.3 Å². The number of methoxy groups -OCH3 is 1. The Hall–Kier alpha value is -1.22. The molecule has 1 aliphatic carbocycles. The van der Waals surface area contributed by atoms with Crippen molar-refractivity contribution in [1.82, 2.24) is 0 Å². The Kier molecular flexibility index (Phi) is 6.37. The lowest BCUT2D eigenvalue weighted by molar-refractivity contribution is 0.146. The first kappa shape index (κ1) is 16.2. The largest absolute Gasteiger partial charge is 0.489 e. The minimum absolute atomic E-state index is 0.580. The summed E-state index contributed by atoms with van der Waals surface area (Å²) >= 11 is 0. The molecule has 0 saturated heterocycles. The normalized spacial score (nSPS) is 22.0. The summed E-state index contributed by atoms with van der Waals surface area (Å²) in [7, 11) is 1.70. The summed E-state index contributed by atoms with van der Waals surface area (Å²) in [5.41, 5.74) is 2.35. The van der Waals surface area contributed by atoms with Crippen LogP contribution in [0.1, 0.15) is 44.6 Å². The highest BCUT2D eigenvalue weighted by Gasteiger charge is 2.24. The first-order valence-electron chi connectivity index (χ1n) is 8.23. The highest BCUT2D eigenvalue weighted by atomic mass is 16.5. The van der Waals surface area contributed by atoms with E-state index >= 15 is 0 Å². The molecule has 0 aromatic heterocycles. The highest BCUT2D eigenvalue weighted by Crippen LogP contribution is 2.33. The maximum Gasteiger partial charge on any atom is 0.142 e. The van der Waals surface area contributed by atoms with Gasteiger partial charge in [-0.15, -0.1) is 0 Å². The average molecular weight is 291 g/mol. The number of anilines is 1. The van der Waals surface area contributed by atoms with Crippen LogP contribution in [0.3, 0.4) is 0 Å². The third kappa shape index (κ3) is 4.63. The van der Waals surface area contributed by atoms with Crippen molar-refractivity contribution in [3.8, 4) is 5.75 Å². The summed E-state index contributed by atoms with van der Waals surface area (Å²) in [6.45, 7) is 5.61. The van der Waals surface area contributed by atoms with Crippen LogP contribution in [-0.4, -0.2) is 26.4 Å². The van der Waals surface area contributed by atoms with Crippen molar-refractivity contribution < 1.29 is 9.47 Å². The van der Waals surface area contributed by atoms with E-state index in [0.717, 1.165) is 17.4 Å². The molecule has 0 aliphatic heterocycles. The number of hydrogen-bond donors (Lipinski definition) is 1. The monoisotopic (exact) mass is 291 g/mol. The molecule has 1 saturated carbocycles. The molecule has 0 bridgehead atoms. The Balaban J connectivity index is 2.06. The third-order valence-electron chi connectivity index (χ3n) is 4.46. The minimum atomic E-state index is 0.580. The molecule has 2 atom stereocenters. The van der Waals surface area contributed by atoms with E-state index in [1.54, 1.807) is 7.11 Å². The van der Waals surface area contributed by atoms with Gasteiger partial charge in [-0.05, 0) is 43.4 Å². The van der Waals surface area contributed by atoms with Crippen LogP contribution < -0.4 is 10.1 Å². The molecular weight excluding hydrogens is 262 g/mol. The van der Waals surface area contributed by atoms with E-state index in [0.29, 0.717) is 19.3 Å². The van der Waals surface area contributed by atoms with E-state index in [9.17, 15) is 0 Å². The summed E-state index contributed by atoms with van der Waals surface area (Å²) in [5, 5.41) is 3.74. The molecule has 1 aromatic rings. The lowest BCUT2D eigenvalue weighted by Gasteiger charge is -2.32. The van der Waals surface area contributed by atoms with Crippen LogP contribution in [0.25, 0.3) is 0 Å². The summed E-state index contributed by atoms with van der Waals surface area (Å²) in [6, 6.07) is 6.99. The molecule has 2 rings (SSSR count). The smallest absolute Gasteiger partial charge is 0.142 e. The summed E-state index contributed by atoms with van der Waals surface area (Å²) in [4.78, 5) is 0. The predicted octanol–water partition coefficient (Wildman–Crippen LogP) is 4.40. The first-order valence-corrected chi connectivity index (χ1v) is 8.23. The van der Waals surface area contributed by atoms with E-state index in [4.69, 9.17) is 9.47 Å². The van der Waals surface area contributed by atoms with Gasteiger partial charge in [0.25, 0.3) is 0 Å². The lowest BCUT2D eigenvalue weighted by atomic mass is 9.83. The van der Waals surface area contributed by atoms with Crippen LogP contribution in [0.5, 0.6) is 5.75 Å². The molecular formula is C18H29NO2. The van der Waals surface area contributed by atoms with E-state index in [1.165, 1.54) is 37.7 Å². The highest BCUT2D eigenvalue weighted by molar-refractivity contribution is 5.58. The molecule has 118 valence electrons.